The molecule has 0 amide bonds. The van der Waals surface area contributed by atoms with E-state index in [0.717, 1.165) is 0 Å². The van der Waals surface area contributed by atoms with Gasteiger partial charge in [0.1, 0.15) is 0 Å². The van der Waals surface area contributed by atoms with Gasteiger partial charge in [-0.05, 0) is 183 Å². The van der Waals surface area contributed by atoms with E-state index in [0.29, 0.717) is 0 Å². The topological polar surface area (TPSA) is 25.8 Å². The number of benzene rings is 13. The van der Waals surface area contributed by atoms with E-state index in [-0.39, 0.29) is 0 Å². The van der Waals surface area contributed by atoms with Crippen molar-refractivity contribution in [2.75, 3.05) is 0 Å². The zero-order valence-corrected chi connectivity index (χ0v) is 42.0. The monoisotopic (exact) mass is 966 g/mol. The molecule has 2 aromatic heterocycles. The second-order valence-electron chi connectivity index (χ2n) is 20.0. The summed E-state index contributed by atoms with van der Waals surface area (Å²) in [7, 11) is -2.74. The lowest BCUT2D eigenvalue weighted by atomic mass is 9.85. The summed E-state index contributed by atoms with van der Waals surface area (Å²) in [6, 6.07) is 96.0. The Bertz CT molecular complexity index is 4290. The predicted molar refractivity (Wildman–Crippen MR) is 320 cm³/mol. The summed E-state index contributed by atoms with van der Waals surface area (Å²) in [5.41, 5.74) is 11.9. The number of hydrogen-bond donors (Lipinski definition) is 0. The smallest absolute Gasteiger partial charge is 0.179 e. The SMILES string of the molecule is c1ccc([Si](c2ccccc2)(c2ccccc2)c2ccc(-c3cc(-c4ccc5ccc6c(-c7ccncc7)ccc7ccc4c5c76)cc(-c4ccc5ccc6c(-c7ccncc7)ccc7ccc4c5c76)c3)cc2)cc1. The number of pyridine rings is 2. The minimum Gasteiger partial charge on any atom is -0.265 e. The molecule has 0 atom stereocenters. The quantitative estimate of drug-likeness (QED) is 0.0818. The minimum atomic E-state index is -2.74. The van der Waals surface area contributed by atoms with Gasteiger partial charge in [-0.3, -0.25) is 9.97 Å². The Morgan fingerprint density at radius 1 is 0.213 bits per heavy atom. The van der Waals surface area contributed by atoms with E-state index in [9.17, 15) is 0 Å². The highest BCUT2D eigenvalue weighted by molar-refractivity contribution is 7.19. The van der Waals surface area contributed by atoms with Gasteiger partial charge in [0, 0.05) is 24.8 Å². The molecule has 15 aromatic rings. The third kappa shape index (κ3) is 6.79. The molecule has 0 N–H and O–H groups in total. The third-order valence-corrected chi connectivity index (χ3v) is 20.9. The first-order valence-corrected chi connectivity index (χ1v) is 27.8. The van der Waals surface area contributed by atoms with Crippen LogP contribution in [0.3, 0.4) is 0 Å². The van der Waals surface area contributed by atoms with Crippen molar-refractivity contribution < 1.29 is 0 Å². The first-order valence-electron chi connectivity index (χ1n) is 25.8. The molecule has 348 valence electrons. The van der Waals surface area contributed by atoms with Crippen molar-refractivity contribution in [1.82, 2.24) is 9.97 Å². The Hall–Kier alpha value is -9.54. The molecule has 2 nitrogen and oxygen atoms in total. The highest BCUT2D eigenvalue weighted by Crippen LogP contribution is 2.46. The van der Waals surface area contributed by atoms with E-state index < -0.39 is 8.07 Å². The Morgan fingerprint density at radius 2 is 0.507 bits per heavy atom. The molecule has 2 heterocycles. The van der Waals surface area contributed by atoms with Gasteiger partial charge in [0.15, 0.2) is 8.07 Å². The Kier molecular flexibility index (Phi) is 9.94. The van der Waals surface area contributed by atoms with Crippen LogP contribution in [0.4, 0.5) is 0 Å². The van der Waals surface area contributed by atoms with Gasteiger partial charge < -0.3 is 0 Å². The van der Waals surface area contributed by atoms with Crippen LogP contribution in [0.2, 0.25) is 0 Å². The van der Waals surface area contributed by atoms with Gasteiger partial charge in [-0.15, -0.1) is 0 Å². The van der Waals surface area contributed by atoms with Crippen LogP contribution in [0, 0.1) is 0 Å². The molecule has 3 heteroatoms. The molecule has 0 radical (unpaired) electrons. The first kappa shape index (κ1) is 43.1. The van der Waals surface area contributed by atoms with Gasteiger partial charge in [0.25, 0.3) is 0 Å². The maximum absolute atomic E-state index is 4.34. The second-order valence-corrected chi connectivity index (χ2v) is 23.8. The highest BCUT2D eigenvalue weighted by Gasteiger charge is 2.41. The molecular weight excluding hydrogens is 921 g/mol. The lowest BCUT2D eigenvalue weighted by Crippen LogP contribution is -2.74. The van der Waals surface area contributed by atoms with Crippen molar-refractivity contribution in [1.29, 1.82) is 0 Å². The highest BCUT2D eigenvalue weighted by atomic mass is 28.3. The zero-order chi connectivity index (χ0) is 49.5. The molecule has 0 aliphatic rings. The average molecular weight is 967 g/mol. The van der Waals surface area contributed by atoms with Crippen LogP contribution in [0.1, 0.15) is 0 Å². The maximum atomic E-state index is 4.34. The van der Waals surface area contributed by atoms with Crippen molar-refractivity contribution in [2.45, 2.75) is 0 Å². The van der Waals surface area contributed by atoms with Crippen molar-refractivity contribution in [3.63, 3.8) is 0 Å². The van der Waals surface area contributed by atoms with Crippen molar-refractivity contribution in [3.8, 4) is 55.6 Å². The predicted octanol–water partition coefficient (Wildman–Crippen LogP) is 16.0. The fourth-order valence-electron chi connectivity index (χ4n) is 12.8. The minimum absolute atomic E-state index is 1.17. The van der Waals surface area contributed by atoms with Crippen molar-refractivity contribution >= 4 is 93.5 Å². The van der Waals surface area contributed by atoms with Crippen molar-refractivity contribution in [3.05, 3.63) is 280 Å². The molecule has 13 aromatic carbocycles. The average Bonchev–Trinajstić information content (AvgIpc) is 3.53. The molecular formula is C72H46N2Si. The summed E-state index contributed by atoms with van der Waals surface area (Å²) in [6.45, 7) is 0. The normalized spacial score (nSPS) is 12.0. The first-order chi connectivity index (χ1) is 37.2. The summed E-state index contributed by atoms with van der Waals surface area (Å²) < 4.78 is 0. The standard InChI is InChI=1S/C72H46N2Si/c1-4-10-57(11-5-1)75(58-12-6-2-7-13-58,59-14-8-3-9-15-59)60-26-16-47(17-27-60)54-44-55(63-30-20-52-22-32-65-61(48-36-40-73-41-37-48)28-18-50-24-34-67(63)71(52)69(50)65)46-56(45-54)64-31-21-53-23-33-66-62(49-38-42-74-43-39-49)29-19-51-25-35-68(64)72(53)70(51)66/h1-46H. The number of aromatic nitrogens is 2. The van der Waals surface area contributed by atoms with Crippen LogP contribution >= 0.6 is 0 Å². The van der Waals surface area contributed by atoms with E-state index in [1.165, 1.54) is 141 Å². The van der Waals surface area contributed by atoms with Gasteiger partial charge in [0.2, 0.25) is 0 Å². The van der Waals surface area contributed by atoms with Crippen LogP contribution in [0.5, 0.6) is 0 Å². The van der Waals surface area contributed by atoms with Gasteiger partial charge in [-0.1, -0.05) is 212 Å². The van der Waals surface area contributed by atoms with Gasteiger partial charge in [-0.25, -0.2) is 0 Å². The molecule has 0 bridgehead atoms. The van der Waals surface area contributed by atoms with Crippen molar-refractivity contribution in [2.24, 2.45) is 0 Å². The van der Waals surface area contributed by atoms with E-state index in [1.54, 1.807) is 0 Å². The molecule has 75 heavy (non-hydrogen) atoms. The Balaban J connectivity index is 0.967. The Morgan fingerprint density at radius 3 is 0.853 bits per heavy atom. The number of nitrogens with zero attached hydrogens (tertiary/aromatic N) is 2. The molecule has 0 unspecified atom stereocenters. The fraction of sp³-hybridized carbons (Fsp3) is 0. The second kappa shape index (κ2) is 17.3. The zero-order valence-electron chi connectivity index (χ0n) is 41.0. The van der Waals surface area contributed by atoms with Gasteiger partial charge in [0.05, 0.1) is 0 Å². The largest absolute Gasteiger partial charge is 0.265 e. The molecule has 0 fully saturated rings. The summed E-state index contributed by atoms with van der Waals surface area (Å²) in [4.78, 5) is 8.68. The lowest BCUT2D eigenvalue weighted by Gasteiger charge is -2.34. The molecule has 0 saturated heterocycles. The molecule has 15 rings (SSSR count). The number of hydrogen-bond acceptors (Lipinski definition) is 2. The third-order valence-electron chi connectivity index (χ3n) is 16.1. The molecule has 0 aliphatic heterocycles. The number of rotatable bonds is 9. The van der Waals surface area contributed by atoms with Crippen LogP contribution < -0.4 is 20.7 Å². The van der Waals surface area contributed by atoms with Crippen LogP contribution in [0.15, 0.2) is 280 Å². The van der Waals surface area contributed by atoms with E-state index in [4.69, 9.17) is 0 Å². The molecule has 0 saturated carbocycles. The van der Waals surface area contributed by atoms with Crippen LogP contribution in [-0.4, -0.2) is 18.0 Å². The van der Waals surface area contributed by atoms with Crippen LogP contribution in [0.25, 0.3) is 120 Å². The molecule has 0 aliphatic carbocycles. The molecule has 0 spiro atoms. The van der Waals surface area contributed by atoms with Gasteiger partial charge in [-0.2, -0.15) is 0 Å². The van der Waals surface area contributed by atoms with Crippen LogP contribution in [-0.2, 0) is 0 Å². The maximum Gasteiger partial charge on any atom is 0.179 e. The Labute approximate surface area is 436 Å². The fourth-order valence-corrected chi connectivity index (χ4v) is 17.5. The van der Waals surface area contributed by atoms with E-state index in [1.807, 2.05) is 24.8 Å². The van der Waals surface area contributed by atoms with E-state index in [2.05, 4.69) is 265 Å². The summed E-state index contributed by atoms with van der Waals surface area (Å²) >= 11 is 0. The van der Waals surface area contributed by atoms with E-state index >= 15 is 0 Å². The summed E-state index contributed by atoms with van der Waals surface area (Å²) in [6.07, 6.45) is 7.55. The summed E-state index contributed by atoms with van der Waals surface area (Å²) in [5.74, 6) is 0. The van der Waals surface area contributed by atoms with Gasteiger partial charge >= 0.3 is 0 Å². The summed E-state index contributed by atoms with van der Waals surface area (Å²) in [5, 5.41) is 20.6. The lowest BCUT2D eigenvalue weighted by molar-refractivity contribution is 1.33.